The van der Waals surface area contributed by atoms with Crippen LogP contribution >= 0.6 is 11.6 Å². The van der Waals surface area contributed by atoms with Crippen LogP contribution in [0.2, 0.25) is 5.02 Å². The van der Waals surface area contributed by atoms with Gasteiger partial charge in [-0.25, -0.2) is 4.79 Å². The fourth-order valence-electron chi connectivity index (χ4n) is 0.846. The minimum atomic E-state index is -1.28. The third-order valence-electron chi connectivity index (χ3n) is 1.33. The topological polar surface area (TPSA) is 83.5 Å². The molecule has 64 valence electrons. The molecule has 1 aromatic carbocycles. The number of carboxylic acids is 1. The van der Waals surface area contributed by atoms with Crippen molar-refractivity contribution >= 4 is 23.3 Å². The summed E-state index contributed by atoms with van der Waals surface area (Å²) in [6.45, 7) is 0. The van der Waals surface area contributed by atoms with Crippen molar-refractivity contribution in [2.75, 3.05) is 5.73 Å². The molecule has 1 rings (SSSR count). The molecule has 5 heteroatoms. The Balaban J connectivity index is 3.38. The van der Waals surface area contributed by atoms with Gasteiger partial charge in [0.25, 0.3) is 0 Å². The lowest BCUT2D eigenvalue weighted by Crippen LogP contribution is -2.02. The number of nitrogens with two attached hydrogens (primary N) is 1. The van der Waals surface area contributed by atoms with E-state index in [-0.39, 0.29) is 16.3 Å². The van der Waals surface area contributed by atoms with Gasteiger partial charge >= 0.3 is 5.97 Å². The maximum absolute atomic E-state index is 10.5. The average molecular weight is 188 g/mol. The molecule has 0 bridgehead atoms. The van der Waals surface area contributed by atoms with Gasteiger partial charge in [0.1, 0.15) is 11.3 Å². The smallest absolute Gasteiger partial charge is 0.341 e. The molecular weight excluding hydrogens is 182 g/mol. The highest BCUT2D eigenvalue weighted by atomic mass is 35.5. The van der Waals surface area contributed by atoms with Crippen LogP contribution in [-0.4, -0.2) is 16.2 Å². The van der Waals surface area contributed by atoms with Crippen LogP contribution in [0.3, 0.4) is 0 Å². The summed E-state index contributed by atoms with van der Waals surface area (Å²) >= 11 is 5.49. The molecule has 0 atom stereocenters. The van der Waals surface area contributed by atoms with Gasteiger partial charge in [0.2, 0.25) is 0 Å². The van der Waals surface area contributed by atoms with Gasteiger partial charge in [0.05, 0.1) is 5.69 Å². The van der Waals surface area contributed by atoms with Crippen LogP contribution in [0.1, 0.15) is 10.4 Å². The molecule has 4 N–H and O–H groups in total. The molecule has 0 aromatic heterocycles. The van der Waals surface area contributed by atoms with Gasteiger partial charge in [0.15, 0.2) is 0 Å². The zero-order chi connectivity index (χ0) is 9.30. The molecule has 0 saturated heterocycles. The fraction of sp³-hybridized carbons (Fsp3) is 0. The maximum atomic E-state index is 10.5. The SMILES string of the molecule is Nc1cc(Cl)cc(O)c1C(=O)O. The molecule has 1 aromatic rings. The highest BCUT2D eigenvalue weighted by Crippen LogP contribution is 2.27. The van der Waals surface area contributed by atoms with Crippen molar-refractivity contribution in [2.45, 2.75) is 0 Å². The van der Waals surface area contributed by atoms with Crippen LogP contribution in [0, 0.1) is 0 Å². The predicted molar refractivity (Wildman–Crippen MR) is 44.5 cm³/mol. The summed E-state index contributed by atoms with van der Waals surface area (Å²) in [5.41, 5.74) is 4.93. The summed E-state index contributed by atoms with van der Waals surface area (Å²) in [7, 11) is 0. The largest absolute Gasteiger partial charge is 0.507 e. The number of halogens is 1. The van der Waals surface area contributed by atoms with Crippen molar-refractivity contribution < 1.29 is 15.0 Å². The third-order valence-corrected chi connectivity index (χ3v) is 1.54. The molecule has 0 unspecified atom stereocenters. The van der Waals surface area contributed by atoms with E-state index in [1.165, 1.54) is 6.07 Å². The second-order valence-electron chi connectivity index (χ2n) is 2.19. The number of nitrogen functional groups attached to an aromatic ring is 1. The van der Waals surface area contributed by atoms with Crippen LogP contribution in [0.15, 0.2) is 12.1 Å². The van der Waals surface area contributed by atoms with Crippen LogP contribution in [0.25, 0.3) is 0 Å². The molecular formula is C7H6ClNO3. The molecule has 0 heterocycles. The van der Waals surface area contributed by atoms with Crippen LogP contribution in [-0.2, 0) is 0 Å². The number of anilines is 1. The third kappa shape index (κ3) is 1.43. The first-order chi connectivity index (χ1) is 5.52. The molecule has 12 heavy (non-hydrogen) atoms. The van der Waals surface area contributed by atoms with Gasteiger partial charge in [-0.05, 0) is 12.1 Å². The number of aromatic carboxylic acids is 1. The molecule has 0 spiro atoms. The zero-order valence-corrected chi connectivity index (χ0v) is 6.67. The number of rotatable bonds is 1. The summed E-state index contributed by atoms with van der Waals surface area (Å²) in [5.74, 6) is -1.70. The lowest BCUT2D eigenvalue weighted by Gasteiger charge is -2.03. The van der Waals surface area contributed by atoms with Crippen molar-refractivity contribution in [3.05, 3.63) is 22.7 Å². The quantitative estimate of drug-likeness (QED) is 0.579. The van der Waals surface area contributed by atoms with Gasteiger partial charge < -0.3 is 15.9 Å². The number of benzene rings is 1. The molecule has 0 radical (unpaired) electrons. The molecule has 4 nitrogen and oxygen atoms in total. The minimum Gasteiger partial charge on any atom is -0.507 e. The van der Waals surface area contributed by atoms with Crippen LogP contribution in [0.5, 0.6) is 5.75 Å². The van der Waals surface area contributed by atoms with Gasteiger partial charge in [-0.3, -0.25) is 0 Å². The summed E-state index contributed by atoms with van der Waals surface area (Å²) in [6, 6.07) is 2.39. The summed E-state index contributed by atoms with van der Waals surface area (Å²) in [6.07, 6.45) is 0. The number of aromatic hydroxyl groups is 1. The van der Waals surface area contributed by atoms with Gasteiger partial charge in [-0.2, -0.15) is 0 Å². The summed E-state index contributed by atoms with van der Waals surface area (Å²) in [5, 5.41) is 17.9. The predicted octanol–water partition coefficient (Wildman–Crippen LogP) is 1.33. The van der Waals surface area contributed by atoms with Gasteiger partial charge in [-0.1, -0.05) is 11.6 Å². The highest BCUT2D eigenvalue weighted by molar-refractivity contribution is 6.31. The Morgan fingerprint density at radius 3 is 2.50 bits per heavy atom. The molecule has 0 saturated carbocycles. The van der Waals surface area contributed by atoms with E-state index in [1.807, 2.05) is 0 Å². The first-order valence-corrected chi connectivity index (χ1v) is 3.41. The van der Waals surface area contributed by atoms with Gasteiger partial charge in [0, 0.05) is 5.02 Å². The first kappa shape index (κ1) is 8.67. The Kier molecular flexibility index (Phi) is 2.10. The zero-order valence-electron chi connectivity index (χ0n) is 5.91. The van der Waals surface area contributed by atoms with E-state index in [2.05, 4.69) is 0 Å². The number of hydrogen-bond donors (Lipinski definition) is 3. The lowest BCUT2D eigenvalue weighted by molar-refractivity contribution is 0.0695. The van der Waals surface area contributed by atoms with E-state index in [9.17, 15) is 4.79 Å². The summed E-state index contributed by atoms with van der Waals surface area (Å²) < 4.78 is 0. The minimum absolute atomic E-state index is 0.0486. The monoisotopic (exact) mass is 187 g/mol. The molecule has 0 fully saturated rings. The van der Waals surface area contributed by atoms with Crippen molar-refractivity contribution in [3.8, 4) is 5.75 Å². The van der Waals surface area contributed by atoms with E-state index in [1.54, 1.807) is 0 Å². The maximum Gasteiger partial charge on any atom is 0.341 e. The van der Waals surface area contributed by atoms with E-state index < -0.39 is 11.7 Å². The average Bonchev–Trinajstić information content (AvgIpc) is 1.82. The standard InChI is InChI=1S/C7H6ClNO3/c8-3-1-4(9)6(7(11)12)5(10)2-3/h1-2,10H,9H2,(H,11,12). The van der Waals surface area contributed by atoms with Crippen molar-refractivity contribution in [2.24, 2.45) is 0 Å². The first-order valence-electron chi connectivity index (χ1n) is 3.03. The Hall–Kier alpha value is -1.42. The second kappa shape index (κ2) is 2.91. The summed E-state index contributed by atoms with van der Waals surface area (Å²) in [4.78, 5) is 10.5. The normalized spacial score (nSPS) is 9.75. The van der Waals surface area contributed by atoms with Gasteiger partial charge in [-0.15, -0.1) is 0 Å². The Bertz CT molecular complexity index is 314. The Morgan fingerprint density at radius 1 is 1.50 bits per heavy atom. The van der Waals surface area contributed by atoms with E-state index in [0.29, 0.717) is 0 Å². The van der Waals surface area contributed by atoms with Crippen LogP contribution in [0.4, 0.5) is 5.69 Å². The van der Waals surface area contributed by atoms with Crippen LogP contribution < -0.4 is 5.73 Å². The molecule has 0 amide bonds. The molecule has 0 aliphatic heterocycles. The Labute approximate surface area is 73.2 Å². The molecule has 0 aliphatic rings. The van der Waals surface area contributed by atoms with Crippen molar-refractivity contribution in [1.29, 1.82) is 0 Å². The van der Waals surface area contributed by atoms with Crippen molar-refractivity contribution in [1.82, 2.24) is 0 Å². The van der Waals surface area contributed by atoms with E-state index in [4.69, 9.17) is 27.5 Å². The fourth-order valence-corrected chi connectivity index (χ4v) is 1.07. The number of carboxylic acid groups (broad SMARTS) is 1. The number of phenols is 1. The molecule has 0 aliphatic carbocycles. The number of hydrogen-bond acceptors (Lipinski definition) is 3. The second-order valence-corrected chi connectivity index (χ2v) is 2.63. The van der Waals surface area contributed by atoms with Crippen molar-refractivity contribution in [3.63, 3.8) is 0 Å². The van der Waals surface area contributed by atoms with E-state index in [0.717, 1.165) is 6.07 Å². The Morgan fingerprint density at radius 2 is 2.08 bits per heavy atom. The number of carbonyl (C=O) groups is 1. The van der Waals surface area contributed by atoms with E-state index >= 15 is 0 Å². The lowest BCUT2D eigenvalue weighted by atomic mass is 10.1. The highest BCUT2D eigenvalue weighted by Gasteiger charge is 2.13.